The van der Waals surface area contributed by atoms with Crippen LogP contribution in [0.2, 0.25) is 58.9 Å². The van der Waals surface area contributed by atoms with Crippen molar-refractivity contribution in [1.82, 2.24) is 4.72 Å². The molecule has 3 atom stereocenters. The van der Waals surface area contributed by atoms with Crippen LogP contribution in [-0.2, 0) is 71.8 Å². The lowest BCUT2D eigenvalue weighted by atomic mass is 9.76. The summed E-state index contributed by atoms with van der Waals surface area (Å²) in [5.74, 6) is 6.84. The number of halogens is 1. The van der Waals surface area contributed by atoms with Crippen molar-refractivity contribution in [2.75, 3.05) is 0 Å². The number of Topliss-reactive ketones (excluding diaryl/α,β-unsaturated/α-hetero) is 1. The van der Waals surface area contributed by atoms with Gasteiger partial charge in [0.25, 0.3) is 0 Å². The van der Waals surface area contributed by atoms with Crippen LogP contribution in [-0.4, -0.2) is 135 Å². The van der Waals surface area contributed by atoms with E-state index in [4.69, 9.17) is 36.6 Å². The molecule has 0 spiro atoms. The molecule has 6 N–H and O–H groups in total. The number of ether oxygens (including phenoxy) is 3. The standard InChI is InChI=1S/C20H31NO2SSi.C15H21NO2S.C11H12O2.C9H17NOSi.C5H10Si.C4H11NOS.B2.2B.BrH/c1-19(2,3)24(22)21-20(12-13-25(4,5)6)14-18(15-20)23-16-17-10-8-7-9-11-17;1-15(2,3)19(17)16-13-9-14(10-13)18-11-12-7-5-4-6-8-12;12-10-6-11(7-10)13-8-9-4-2-1-3-5-9;1-12(2,3)5-4-9(10)6-8(11)7-9;1-5-6(2,3)4;1-4(2,3)7(5)6;1-2;;;/h7-11,18,21H,14-16H2,1-6H3;4-8,14H,9-11H2,1-3H3;1-5,11H,6-8H2;8,11H,6-7,10H2,1-3H3;1H,2-4H3;5H2,1-3H3;;;;1H. The number of terminal acetylenes is 1. The van der Waals surface area contributed by atoms with Crippen molar-refractivity contribution in [1.29, 1.82) is 0 Å². The molecule has 3 aromatic carbocycles. The Bertz CT molecular complexity index is 2720. The number of hydrogen-bond acceptors (Lipinski definition) is 9. The maximum atomic E-state index is 12.6. The van der Waals surface area contributed by atoms with E-state index < -0.39 is 57.2 Å². The van der Waals surface area contributed by atoms with Gasteiger partial charge in [-0.05, 0) is 79.0 Å². The van der Waals surface area contributed by atoms with Crippen LogP contribution in [0.5, 0.6) is 0 Å². The number of ketones is 1. The van der Waals surface area contributed by atoms with Gasteiger partial charge < -0.3 is 25.1 Å². The van der Waals surface area contributed by atoms with Gasteiger partial charge in [0.2, 0.25) is 0 Å². The first-order valence-corrected chi connectivity index (χ1v) is 42.8. The Balaban J connectivity index is -0.00000102. The zero-order valence-electron chi connectivity index (χ0n) is 55.7. The highest BCUT2D eigenvalue weighted by molar-refractivity contribution is 8.93. The Labute approximate surface area is 555 Å². The lowest BCUT2D eigenvalue weighted by Gasteiger charge is -2.45. The second kappa shape index (κ2) is 41.0. The average Bonchev–Trinajstić information content (AvgIpc) is 3.43. The number of nitrogens with two attached hydrogens (primary N) is 2. The van der Waals surface area contributed by atoms with Crippen molar-refractivity contribution in [3.05, 3.63) is 108 Å². The molecule has 12 nitrogen and oxygen atoms in total. The van der Waals surface area contributed by atoms with E-state index in [-0.39, 0.29) is 83.5 Å². The van der Waals surface area contributed by atoms with Crippen LogP contribution < -0.4 is 15.6 Å². The first-order valence-electron chi connectivity index (χ1n) is 28.8. The van der Waals surface area contributed by atoms with Crippen LogP contribution in [0, 0.1) is 34.9 Å². The van der Waals surface area contributed by atoms with Gasteiger partial charge in [0.15, 0.2) is 0 Å². The van der Waals surface area contributed by atoms with Crippen molar-refractivity contribution >= 4 is 118 Å². The Hall–Kier alpha value is -2.76. The summed E-state index contributed by atoms with van der Waals surface area (Å²) in [5, 5.41) is 14.1. The lowest BCUT2D eigenvalue weighted by molar-refractivity contribution is -0.135. The monoisotopic (exact) mass is 1360 g/mol. The first-order chi connectivity index (χ1) is 38.6. The average molecular weight is 1360 g/mol. The molecule has 4 aliphatic carbocycles. The Kier molecular flexibility index (Phi) is 41.6. The molecule has 23 heteroatoms. The summed E-state index contributed by atoms with van der Waals surface area (Å²) in [6.45, 7) is 38.9. The van der Waals surface area contributed by atoms with Crippen molar-refractivity contribution in [2.24, 2.45) is 15.3 Å². The first kappa shape index (κ1) is 88.4. The zero-order valence-corrected chi connectivity index (χ0v) is 62.8. The van der Waals surface area contributed by atoms with E-state index in [1.807, 2.05) is 129 Å². The van der Waals surface area contributed by atoms with E-state index in [1.165, 1.54) is 16.7 Å². The Morgan fingerprint density at radius 1 is 0.609 bits per heavy atom. The zero-order chi connectivity index (χ0) is 64.4. The van der Waals surface area contributed by atoms with Gasteiger partial charge >= 0.3 is 0 Å². The molecular formula is C64H103B4BrN4O8S3Si3. The highest BCUT2D eigenvalue weighted by Crippen LogP contribution is 2.36. The highest BCUT2D eigenvalue weighted by atomic mass is 79.9. The smallest absolute Gasteiger partial charge is 0.144 e. The normalized spacial score (nSPS) is 21.1. The van der Waals surface area contributed by atoms with Crippen molar-refractivity contribution in [2.45, 2.75) is 242 Å². The molecule has 87 heavy (non-hydrogen) atoms. The number of nitrogens with one attached hydrogen (secondary N) is 1. The van der Waals surface area contributed by atoms with Gasteiger partial charge in [-0.3, -0.25) is 9.93 Å². The number of aliphatic hydroxyl groups is 1. The Morgan fingerprint density at radius 2 is 0.943 bits per heavy atom. The molecule has 3 aromatic rings. The molecular weight excluding hydrogens is 1260 g/mol. The molecule has 476 valence electrons. The van der Waals surface area contributed by atoms with Crippen LogP contribution in [0.3, 0.4) is 0 Å². The second-order valence-corrected chi connectivity index (χ2v) is 47.6. The number of nitrogens with zero attached hydrogens (tertiary/aromatic N) is 1. The third-order valence-electron chi connectivity index (χ3n) is 12.2. The van der Waals surface area contributed by atoms with Gasteiger partial charge in [-0.1, -0.05) is 162 Å². The number of rotatable bonds is 12. The van der Waals surface area contributed by atoms with Crippen molar-refractivity contribution in [3.8, 4) is 34.9 Å². The number of benzene rings is 3. The minimum absolute atomic E-state index is 0. The minimum Gasteiger partial charge on any atom is -0.393 e. The molecule has 0 aromatic heterocycles. The maximum Gasteiger partial charge on any atom is 0.144 e. The fraction of sp³-hybridized carbons (Fsp3) is 0.594. The van der Waals surface area contributed by atoms with Gasteiger partial charge in [-0.25, -0.2) is 17.3 Å². The van der Waals surface area contributed by atoms with Gasteiger partial charge in [0, 0.05) is 89.4 Å². The van der Waals surface area contributed by atoms with Crippen LogP contribution in [0.1, 0.15) is 130 Å². The van der Waals surface area contributed by atoms with E-state index in [9.17, 15) is 17.4 Å². The summed E-state index contributed by atoms with van der Waals surface area (Å²) in [6, 6.07) is 30.4. The van der Waals surface area contributed by atoms with Gasteiger partial charge in [0.1, 0.15) is 41.0 Å². The van der Waals surface area contributed by atoms with Crippen LogP contribution in [0.15, 0.2) is 95.4 Å². The van der Waals surface area contributed by atoms with E-state index in [0.29, 0.717) is 51.3 Å². The van der Waals surface area contributed by atoms with Gasteiger partial charge in [-0.15, -0.1) is 40.0 Å². The third kappa shape index (κ3) is 40.7. The number of carbonyl (C=O) groups excluding carboxylic acids is 1. The van der Waals surface area contributed by atoms with Gasteiger partial charge in [0.05, 0.1) is 91.5 Å². The van der Waals surface area contributed by atoms with Crippen LogP contribution in [0.4, 0.5) is 0 Å². The molecule has 0 amide bonds. The van der Waals surface area contributed by atoms with Crippen molar-refractivity contribution < 1.29 is 36.7 Å². The molecule has 0 bridgehead atoms. The molecule has 3 unspecified atom stereocenters. The number of aliphatic hydroxyl groups excluding tert-OH is 1. The molecule has 4 aliphatic rings. The predicted molar refractivity (Wildman–Crippen MR) is 389 cm³/mol. The number of hydrogen-bond donors (Lipinski definition) is 4. The van der Waals surface area contributed by atoms with E-state index in [2.05, 4.69) is 136 Å². The lowest BCUT2D eigenvalue weighted by Crippen LogP contribution is -2.59. The van der Waals surface area contributed by atoms with E-state index in [0.717, 1.165) is 31.4 Å². The molecule has 0 aliphatic heterocycles. The molecule has 7 rings (SSSR count). The second-order valence-electron chi connectivity index (χ2n) is 27.6. The third-order valence-corrected chi connectivity index (χ3v) is 19.1. The molecule has 10 radical (unpaired) electrons. The summed E-state index contributed by atoms with van der Waals surface area (Å²) in [4.78, 5) is 10.6. The van der Waals surface area contributed by atoms with Crippen LogP contribution in [0.25, 0.3) is 0 Å². The fourth-order valence-electron chi connectivity index (χ4n) is 6.72. The van der Waals surface area contributed by atoms with Crippen LogP contribution >= 0.6 is 17.0 Å². The summed E-state index contributed by atoms with van der Waals surface area (Å²) >= 11 is 0. The van der Waals surface area contributed by atoms with E-state index >= 15 is 0 Å². The minimum atomic E-state index is -1.48. The van der Waals surface area contributed by atoms with E-state index in [1.54, 1.807) is 0 Å². The summed E-state index contributed by atoms with van der Waals surface area (Å²) < 4.78 is 58.8. The SMILES string of the molecule is Br.C#C[Si](C)(C)C.CC(C)(C)S(=O)N=C1CC(OCc2ccccc2)C1.CC(C)(C)S(=O)NC1(C#C[Si](C)(C)C)CC(OCc2ccccc2)C1.CC(C)(C)S(N)=O.C[Si](C)(C)C#CC1(N)CC(O)C1.O=C1CC(OCc2ccccc2)C1.[B].[B].[B][B]. The summed E-state index contributed by atoms with van der Waals surface area (Å²) in [5.41, 5.74) is 19.1. The number of carbonyl (C=O) groups is 1. The quantitative estimate of drug-likeness (QED) is 0.101. The molecule has 0 heterocycles. The summed E-state index contributed by atoms with van der Waals surface area (Å²) in [6.07, 6.45) is 11.2. The van der Waals surface area contributed by atoms with Gasteiger partial charge in [-0.2, -0.15) is 4.40 Å². The molecule has 4 fully saturated rings. The fourth-order valence-corrected chi connectivity index (χ4v) is 9.50. The predicted octanol–water partition coefficient (Wildman–Crippen LogP) is 10.9. The Morgan fingerprint density at radius 3 is 1.23 bits per heavy atom. The molecule has 4 saturated carbocycles. The highest BCUT2D eigenvalue weighted by Gasteiger charge is 2.46. The maximum absolute atomic E-state index is 12.6. The molecule has 0 saturated heterocycles. The topological polar surface area (TPSA) is 193 Å². The largest absolute Gasteiger partial charge is 0.393 e. The summed E-state index contributed by atoms with van der Waals surface area (Å²) in [7, 11) is 0.670. The van der Waals surface area contributed by atoms with Crippen molar-refractivity contribution in [3.63, 3.8) is 0 Å².